The number of aliphatic hydroxyl groups excluding tert-OH is 1. The first-order valence-electron chi connectivity index (χ1n) is 16.2. The maximum absolute atomic E-state index is 13.4. The van der Waals surface area contributed by atoms with E-state index in [-0.39, 0.29) is 76.0 Å². The Balaban J connectivity index is 5.97. The Morgan fingerprint density at radius 2 is 0.980 bits per heavy atom. The molecule has 0 aromatic rings. The number of guanidine groups is 3. The summed E-state index contributed by atoms with van der Waals surface area (Å²) in [5.74, 6) is -5.07. The van der Waals surface area contributed by atoms with Crippen LogP contribution in [0.1, 0.15) is 64.7 Å². The van der Waals surface area contributed by atoms with E-state index in [1.54, 1.807) is 0 Å². The zero-order valence-electron chi connectivity index (χ0n) is 28.6. The Morgan fingerprint density at radius 1 is 0.580 bits per heavy atom. The minimum atomic E-state index is -1.61. The van der Waals surface area contributed by atoms with Gasteiger partial charge in [-0.3, -0.25) is 34.2 Å². The van der Waals surface area contributed by atoms with Crippen LogP contribution in [0.15, 0.2) is 15.0 Å². The van der Waals surface area contributed by atoms with Gasteiger partial charge in [-0.2, -0.15) is 0 Å². The highest BCUT2D eigenvalue weighted by molar-refractivity contribution is 5.95. The molecule has 0 radical (unpaired) electrons. The quantitative estimate of drug-likeness (QED) is 0.0225. The molecule has 50 heavy (non-hydrogen) atoms. The lowest BCUT2D eigenvalue weighted by Gasteiger charge is -2.27. The molecule has 22 N–H and O–H groups in total. The summed E-state index contributed by atoms with van der Waals surface area (Å²) in [5.41, 5.74) is 43.5. The average Bonchev–Trinajstić information content (AvgIpc) is 3.03. The molecule has 0 saturated carbocycles. The van der Waals surface area contributed by atoms with Crippen LogP contribution in [0.25, 0.3) is 0 Å². The fraction of sp³-hybridized carbons (Fsp3) is 0.714. The summed E-state index contributed by atoms with van der Waals surface area (Å²) in [6.07, 6.45) is 0.546. The van der Waals surface area contributed by atoms with E-state index in [1.807, 2.05) is 0 Å². The Hall–Kier alpha value is -4.96. The molecule has 0 heterocycles. The smallest absolute Gasteiger partial charge is 0.326 e. The highest BCUT2D eigenvalue weighted by Crippen LogP contribution is 2.07. The molecule has 0 unspecified atom stereocenters. The summed E-state index contributed by atoms with van der Waals surface area (Å²) in [7, 11) is 0. The van der Waals surface area contributed by atoms with E-state index in [4.69, 9.17) is 45.9 Å². The number of nitrogens with zero attached hydrogens (tertiary/aromatic N) is 3. The van der Waals surface area contributed by atoms with Crippen molar-refractivity contribution in [3.8, 4) is 0 Å². The number of aliphatic carboxylic acids is 1. The van der Waals surface area contributed by atoms with Gasteiger partial charge in [0.05, 0.1) is 12.1 Å². The molecule has 6 atom stereocenters. The van der Waals surface area contributed by atoms with Gasteiger partial charge in [0.25, 0.3) is 0 Å². The molecule has 286 valence electrons. The Kier molecular flexibility index (Phi) is 22.6. The summed E-state index contributed by atoms with van der Waals surface area (Å²) in [4.78, 5) is 76.3. The van der Waals surface area contributed by atoms with Crippen LogP contribution in [0.5, 0.6) is 0 Å². The molecule has 0 aromatic heterocycles. The Bertz CT molecular complexity index is 1170. The number of unbranched alkanes of at least 4 members (excludes halogenated alkanes) is 1. The predicted octanol–water partition coefficient (Wildman–Crippen LogP) is -5.99. The van der Waals surface area contributed by atoms with Crippen LogP contribution in [0.3, 0.4) is 0 Å². The topological polar surface area (TPSA) is 419 Å². The van der Waals surface area contributed by atoms with Crippen LogP contribution in [0.4, 0.5) is 0 Å². The van der Waals surface area contributed by atoms with Gasteiger partial charge in [0.2, 0.25) is 23.6 Å². The number of hydrogen-bond donors (Lipinski definition) is 14. The molecule has 0 rings (SSSR count). The van der Waals surface area contributed by atoms with Crippen LogP contribution >= 0.6 is 0 Å². The van der Waals surface area contributed by atoms with Gasteiger partial charge in [-0.1, -0.05) is 0 Å². The number of aliphatic imine (C=N–C) groups is 3. The SMILES string of the molecule is C[C@@H](O)[C@H](NC(=O)[C@H](CCCN=C(N)N)NC(=O)[C@@H](N)CCCN=C(N)N)C(=O)N[C@@H](CCCN=C(N)N)C(=O)N[C@@H](CCCCN)C(=O)O. The Morgan fingerprint density at radius 3 is 1.40 bits per heavy atom. The third-order valence-electron chi connectivity index (χ3n) is 7.09. The fourth-order valence-corrected chi connectivity index (χ4v) is 4.42. The summed E-state index contributed by atoms with van der Waals surface area (Å²) in [5, 5.41) is 30.0. The zero-order chi connectivity index (χ0) is 38.2. The lowest BCUT2D eigenvalue weighted by molar-refractivity contribution is -0.142. The number of carboxylic acid groups (broad SMARTS) is 1. The van der Waals surface area contributed by atoms with Gasteiger partial charge in [0, 0.05) is 19.6 Å². The third-order valence-corrected chi connectivity index (χ3v) is 7.09. The van der Waals surface area contributed by atoms with Gasteiger partial charge in [-0.25, -0.2) is 4.79 Å². The number of hydrogen-bond acceptors (Lipinski definition) is 11. The first-order chi connectivity index (χ1) is 23.5. The zero-order valence-corrected chi connectivity index (χ0v) is 28.6. The van der Waals surface area contributed by atoms with Crippen LogP contribution < -0.4 is 67.1 Å². The number of nitrogens with two attached hydrogens (primary N) is 8. The van der Waals surface area contributed by atoms with Crippen LogP contribution in [0, 0.1) is 0 Å². The van der Waals surface area contributed by atoms with Crippen molar-refractivity contribution < 1.29 is 34.2 Å². The van der Waals surface area contributed by atoms with E-state index in [9.17, 15) is 34.2 Å². The van der Waals surface area contributed by atoms with E-state index in [0.29, 0.717) is 25.8 Å². The average molecular weight is 716 g/mol. The molecule has 0 spiro atoms. The maximum atomic E-state index is 13.4. The number of carboxylic acids is 1. The molecule has 0 aliphatic carbocycles. The molecular weight excluding hydrogens is 658 g/mol. The number of carbonyl (C=O) groups excluding carboxylic acids is 4. The summed E-state index contributed by atoms with van der Waals surface area (Å²) in [6, 6.07) is -6.45. The second-order valence-electron chi connectivity index (χ2n) is 11.5. The van der Waals surface area contributed by atoms with Crippen molar-refractivity contribution in [2.45, 2.75) is 101 Å². The van der Waals surface area contributed by atoms with Crippen LogP contribution in [-0.2, 0) is 24.0 Å². The normalized spacial score (nSPS) is 14.3. The highest BCUT2D eigenvalue weighted by Gasteiger charge is 2.33. The van der Waals surface area contributed by atoms with Crippen molar-refractivity contribution in [1.82, 2.24) is 21.3 Å². The van der Waals surface area contributed by atoms with Crippen molar-refractivity contribution in [3.05, 3.63) is 0 Å². The lowest BCUT2D eigenvalue weighted by atomic mass is 10.0. The van der Waals surface area contributed by atoms with Gasteiger partial charge in [-0.05, 0) is 71.3 Å². The predicted molar refractivity (Wildman–Crippen MR) is 188 cm³/mol. The first kappa shape index (κ1) is 45.0. The minimum absolute atomic E-state index is 0.0137. The summed E-state index contributed by atoms with van der Waals surface area (Å²) < 4.78 is 0. The van der Waals surface area contributed by atoms with E-state index >= 15 is 0 Å². The molecular formula is C28H57N15O7. The lowest BCUT2D eigenvalue weighted by Crippen LogP contribution is -2.61. The van der Waals surface area contributed by atoms with Crippen molar-refractivity contribution in [2.75, 3.05) is 26.2 Å². The van der Waals surface area contributed by atoms with E-state index in [2.05, 4.69) is 36.2 Å². The Labute approximate surface area is 291 Å². The molecule has 22 heteroatoms. The molecule has 0 aromatic carbocycles. The minimum Gasteiger partial charge on any atom is -0.480 e. The fourth-order valence-electron chi connectivity index (χ4n) is 4.42. The van der Waals surface area contributed by atoms with Crippen molar-refractivity contribution in [2.24, 2.45) is 60.8 Å². The first-order valence-corrected chi connectivity index (χ1v) is 16.2. The number of carbonyl (C=O) groups is 5. The molecule has 0 aliphatic rings. The van der Waals surface area contributed by atoms with Crippen molar-refractivity contribution in [1.29, 1.82) is 0 Å². The number of rotatable bonds is 26. The van der Waals surface area contributed by atoms with E-state index in [0.717, 1.165) is 0 Å². The second-order valence-corrected chi connectivity index (χ2v) is 11.5. The third kappa shape index (κ3) is 20.4. The second kappa shape index (κ2) is 25.1. The van der Waals surface area contributed by atoms with Gasteiger partial charge in [-0.15, -0.1) is 0 Å². The standard InChI is InChI=1S/C28H57N15O7/c1-15(44)20(24(48)41-17(9-5-13-38-27(33)34)22(46)42-19(25(49)50)8-2-3-11-29)43-23(47)18(10-6-14-39-28(35)36)40-21(45)16(30)7-4-12-37-26(31)32/h15-20,44H,2-14,29-30H2,1H3,(H,40,45)(H,41,48)(H,42,46)(H,43,47)(H,49,50)(H4,31,32,37)(H4,33,34,38)(H4,35,36,39)/t15-,16+,17+,18+,19+,20+/m1/s1. The van der Waals surface area contributed by atoms with Gasteiger partial charge >= 0.3 is 5.97 Å². The van der Waals surface area contributed by atoms with E-state index < -0.39 is 65.9 Å². The van der Waals surface area contributed by atoms with Crippen molar-refractivity contribution >= 4 is 47.5 Å². The summed E-state index contributed by atoms with van der Waals surface area (Å²) in [6.45, 7) is 2.01. The summed E-state index contributed by atoms with van der Waals surface area (Å²) >= 11 is 0. The van der Waals surface area contributed by atoms with Crippen LogP contribution in [0.2, 0.25) is 0 Å². The highest BCUT2D eigenvalue weighted by atomic mass is 16.4. The molecule has 0 fully saturated rings. The van der Waals surface area contributed by atoms with Gasteiger partial charge < -0.3 is 77.3 Å². The van der Waals surface area contributed by atoms with Gasteiger partial charge in [0.15, 0.2) is 17.9 Å². The number of nitrogens with one attached hydrogen (secondary N) is 4. The number of aliphatic hydroxyl groups is 1. The maximum Gasteiger partial charge on any atom is 0.326 e. The molecule has 0 bridgehead atoms. The van der Waals surface area contributed by atoms with E-state index in [1.165, 1.54) is 6.92 Å². The molecule has 4 amide bonds. The van der Waals surface area contributed by atoms with Crippen LogP contribution in [-0.4, -0.2) is 120 Å². The molecule has 0 saturated heterocycles. The van der Waals surface area contributed by atoms with Crippen molar-refractivity contribution in [3.63, 3.8) is 0 Å². The van der Waals surface area contributed by atoms with Gasteiger partial charge in [0.1, 0.15) is 24.2 Å². The largest absolute Gasteiger partial charge is 0.480 e. The number of amides is 4. The molecule has 0 aliphatic heterocycles. The monoisotopic (exact) mass is 715 g/mol. The molecule has 22 nitrogen and oxygen atoms in total.